The molecule has 0 aliphatic heterocycles. The third-order valence-corrected chi connectivity index (χ3v) is 3.27. The molecule has 0 aromatic heterocycles. The summed E-state index contributed by atoms with van der Waals surface area (Å²) in [4.78, 5) is 12.5. The zero-order valence-electron chi connectivity index (χ0n) is 11.7. The predicted molar refractivity (Wildman–Crippen MR) is 75.0 cm³/mol. The summed E-state index contributed by atoms with van der Waals surface area (Å²) in [6.45, 7) is 3.59. The predicted octanol–water partition coefficient (Wildman–Crippen LogP) is 4.07. The Bertz CT molecular complexity index is 727. The summed E-state index contributed by atoms with van der Waals surface area (Å²) < 4.78 is 26.5. The summed E-state index contributed by atoms with van der Waals surface area (Å²) in [5.74, 6) is -3.29. The fraction of sp³-hybridized carbons (Fsp3) is 0.176. The Morgan fingerprint density at radius 1 is 1.10 bits per heavy atom. The van der Waals surface area contributed by atoms with Gasteiger partial charge in [-0.1, -0.05) is 17.7 Å². The summed E-state index contributed by atoms with van der Waals surface area (Å²) in [6, 6.07) is 9.89. The Labute approximate surface area is 121 Å². The van der Waals surface area contributed by atoms with Crippen LogP contribution in [0, 0.1) is 36.8 Å². The highest BCUT2D eigenvalue weighted by Gasteiger charge is 2.24. The van der Waals surface area contributed by atoms with Crippen molar-refractivity contribution < 1.29 is 13.6 Å². The van der Waals surface area contributed by atoms with E-state index in [0.717, 1.165) is 23.3 Å². The van der Waals surface area contributed by atoms with Crippen molar-refractivity contribution in [1.82, 2.24) is 0 Å². The van der Waals surface area contributed by atoms with Gasteiger partial charge in [0.05, 0.1) is 6.07 Å². The lowest BCUT2D eigenvalue weighted by molar-refractivity contribution is 0.0978. The zero-order chi connectivity index (χ0) is 15.6. The molecule has 4 heteroatoms. The minimum atomic E-state index is -1.23. The van der Waals surface area contributed by atoms with Crippen molar-refractivity contribution in [3.63, 3.8) is 0 Å². The Hall–Kier alpha value is -2.54. The number of nitriles is 1. The summed E-state index contributed by atoms with van der Waals surface area (Å²) >= 11 is 0. The molecule has 0 saturated heterocycles. The van der Waals surface area contributed by atoms with Gasteiger partial charge in [0.2, 0.25) is 0 Å². The maximum Gasteiger partial charge on any atom is 0.184 e. The first-order chi connectivity index (χ1) is 9.92. The first kappa shape index (κ1) is 14.9. The van der Waals surface area contributed by atoms with Gasteiger partial charge in [0.25, 0.3) is 0 Å². The molecule has 1 atom stereocenters. The molecular weight excluding hydrogens is 272 g/mol. The molecule has 2 nitrogen and oxygen atoms in total. The van der Waals surface area contributed by atoms with Crippen LogP contribution < -0.4 is 0 Å². The van der Waals surface area contributed by atoms with Crippen LogP contribution in [0.2, 0.25) is 0 Å². The lowest BCUT2D eigenvalue weighted by atomic mass is 9.89. The maximum absolute atomic E-state index is 13.3. The van der Waals surface area contributed by atoms with Crippen molar-refractivity contribution in [2.75, 3.05) is 0 Å². The number of aryl methyl sites for hydroxylation is 2. The number of ketones is 1. The quantitative estimate of drug-likeness (QED) is 0.797. The minimum Gasteiger partial charge on any atom is -0.292 e. The standard InChI is InChI=1S/C17H13F2NO/c1-10-3-4-11(2)15(5-10)17(21)16(9-20)12-6-13(18)8-14(19)7-12/h3-8,16H,1-2H3. The SMILES string of the molecule is Cc1ccc(C)c(C(=O)C(C#N)c2cc(F)cc(F)c2)c1. The number of carbonyl (C=O) groups excluding carboxylic acids is 1. The highest BCUT2D eigenvalue weighted by Crippen LogP contribution is 2.24. The molecule has 0 bridgehead atoms. The highest BCUT2D eigenvalue weighted by atomic mass is 19.1. The molecule has 0 aliphatic rings. The van der Waals surface area contributed by atoms with Gasteiger partial charge < -0.3 is 0 Å². The average molecular weight is 285 g/mol. The number of carbonyl (C=O) groups is 1. The van der Waals surface area contributed by atoms with Gasteiger partial charge in [-0.15, -0.1) is 0 Å². The van der Waals surface area contributed by atoms with E-state index in [9.17, 15) is 18.8 Å². The van der Waals surface area contributed by atoms with E-state index in [0.29, 0.717) is 11.6 Å². The molecule has 0 heterocycles. The molecular formula is C17H13F2NO. The number of nitrogens with zero attached hydrogens (tertiary/aromatic N) is 1. The van der Waals surface area contributed by atoms with Crippen LogP contribution in [0.4, 0.5) is 8.78 Å². The molecule has 106 valence electrons. The lowest BCUT2D eigenvalue weighted by Gasteiger charge is -2.12. The van der Waals surface area contributed by atoms with Crippen molar-refractivity contribution >= 4 is 5.78 Å². The topological polar surface area (TPSA) is 40.9 Å². The molecule has 2 rings (SSSR count). The molecule has 0 N–H and O–H groups in total. The van der Waals surface area contributed by atoms with E-state index in [4.69, 9.17) is 0 Å². The van der Waals surface area contributed by atoms with E-state index in [1.54, 1.807) is 19.1 Å². The van der Waals surface area contributed by atoms with Crippen LogP contribution in [0.1, 0.15) is 33.0 Å². The molecule has 0 saturated carbocycles. The molecule has 1 unspecified atom stereocenters. The van der Waals surface area contributed by atoms with Crippen molar-refractivity contribution in [3.8, 4) is 6.07 Å². The Kier molecular flexibility index (Phi) is 4.13. The molecule has 2 aromatic rings. The van der Waals surface area contributed by atoms with Gasteiger partial charge >= 0.3 is 0 Å². The number of halogens is 2. The fourth-order valence-corrected chi connectivity index (χ4v) is 2.18. The number of hydrogen-bond acceptors (Lipinski definition) is 2. The zero-order valence-corrected chi connectivity index (χ0v) is 11.7. The maximum atomic E-state index is 13.3. The molecule has 0 radical (unpaired) electrons. The van der Waals surface area contributed by atoms with Gasteiger partial charge in [0, 0.05) is 11.6 Å². The number of hydrogen-bond donors (Lipinski definition) is 0. The van der Waals surface area contributed by atoms with Crippen LogP contribution in [0.25, 0.3) is 0 Å². The second-order valence-electron chi connectivity index (χ2n) is 4.95. The van der Waals surface area contributed by atoms with Crippen molar-refractivity contribution in [3.05, 3.63) is 70.3 Å². The summed E-state index contributed by atoms with van der Waals surface area (Å²) in [7, 11) is 0. The van der Waals surface area contributed by atoms with E-state index < -0.39 is 23.3 Å². The molecule has 2 aromatic carbocycles. The van der Waals surface area contributed by atoms with E-state index in [1.807, 2.05) is 19.1 Å². The van der Waals surface area contributed by atoms with Gasteiger partial charge in [0.1, 0.15) is 17.6 Å². The minimum absolute atomic E-state index is 0.0286. The largest absolute Gasteiger partial charge is 0.292 e. The fourth-order valence-electron chi connectivity index (χ4n) is 2.18. The van der Waals surface area contributed by atoms with Crippen LogP contribution in [-0.2, 0) is 0 Å². The molecule has 0 fully saturated rings. The Balaban J connectivity index is 2.48. The normalized spacial score (nSPS) is 11.8. The number of rotatable bonds is 3. The first-order valence-electron chi connectivity index (χ1n) is 6.39. The number of Topliss-reactive ketones (excluding diaryl/α,β-unsaturated/α-hetero) is 1. The molecule has 0 amide bonds. The second-order valence-corrected chi connectivity index (χ2v) is 4.95. The summed E-state index contributed by atoms with van der Waals surface area (Å²) in [6.07, 6.45) is 0. The number of benzene rings is 2. The van der Waals surface area contributed by atoms with Gasteiger partial charge in [-0.05, 0) is 43.2 Å². The summed E-state index contributed by atoms with van der Waals surface area (Å²) in [5.41, 5.74) is 2.03. The van der Waals surface area contributed by atoms with E-state index in [2.05, 4.69) is 0 Å². The Morgan fingerprint density at radius 3 is 2.29 bits per heavy atom. The molecule has 0 aliphatic carbocycles. The van der Waals surface area contributed by atoms with Crippen molar-refractivity contribution in [2.45, 2.75) is 19.8 Å². The average Bonchev–Trinajstić information content (AvgIpc) is 2.41. The molecule has 21 heavy (non-hydrogen) atoms. The van der Waals surface area contributed by atoms with Crippen LogP contribution in [0.5, 0.6) is 0 Å². The van der Waals surface area contributed by atoms with Gasteiger partial charge in [-0.3, -0.25) is 4.79 Å². The third-order valence-electron chi connectivity index (χ3n) is 3.27. The van der Waals surface area contributed by atoms with Crippen LogP contribution in [0.3, 0.4) is 0 Å². The molecule has 0 spiro atoms. The van der Waals surface area contributed by atoms with Crippen molar-refractivity contribution in [1.29, 1.82) is 5.26 Å². The van der Waals surface area contributed by atoms with Crippen LogP contribution in [0.15, 0.2) is 36.4 Å². The lowest BCUT2D eigenvalue weighted by Crippen LogP contribution is -2.13. The van der Waals surface area contributed by atoms with Gasteiger partial charge in [0.15, 0.2) is 5.78 Å². The van der Waals surface area contributed by atoms with E-state index >= 15 is 0 Å². The van der Waals surface area contributed by atoms with Gasteiger partial charge in [-0.25, -0.2) is 8.78 Å². The summed E-state index contributed by atoms with van der Waals surface area (Å²) in [5, 5.41) is 9.24. The smallest absolute Gasteiger partial charge is 0.184 e. The van der Waals surface area contributed by atoms with Crippen molar-refractivity contribution in [2.24, 2.45) is 0 Å². The van der Waals surface area contributed by atoms with Gasteiger partial charge in [-0.2, -0.15) is 5.26 Å². The van der Waals surface area contributed by atoms with E-state index in [-0.39, 0.29) is 5.56 Å². The highest BCUT2D eigenvalue weighted by molar-refractivity contribution is 6.03. The van der Waals surface area contributed by atoms with Crippen LogP contribution in [-0.4, -0.2) is 5.78 Å². The van der Waals surface area contributed by atoms with Crippen LogP contribution >= 0.6 is 0 Å². The third kappa shape index (κ3) is 3.14. The first-order valence-corrected chi connectivity index (χ1v) is 6.39. The van der Waals surface area contributed by atoms with E-state index in [1.165, 1.54) is 0 Å². The second kappa shape index (κ2) is 5.84. The Morgan fingerprint density at radius 2 is 1.71 bits per heavy atom. The monoisotopic (exact) mass is 285 g/mol.